The molecule has 3 heterocycles. The molecule has 0 radical (unpaired) electrons. The zero-order valence-electron chi connectivity index (χ0n) is 26.2. The lowest BCUT2D eigenvalue weighted by Gasteiger charge is -2.26. The number of esters is 1. The van der Waals surface area contributed by atoms with Crippen molar-refractivity contribution in [3.8, 4) is 0 Å². The van der Waals surface area contributed by atoms with Crippen LogP contribution in [0.15, 0.2) is 30.6 Å². The van der Waals surface area contributed by atoms with Crippen molar-refractivity contribution in [1.29, 1.82) is 0 Å². The molecule has 1 atom stereocenters. The number of aromatic nitrogens is 2. The number of hydrogen-bond acceptors (Lipinski definition) is 9. The number of nitrogens with one attached hydrogen (secondary N) is 1. The van der Waals surface area contributed by atoms with Crippen LogP contribution in [0.2, 0.25) is 0 Å². The van der Waals surface area contributed by atoms with Crippen LogP contribution >= 0.6 is 0 Å². The molecule has 0 unspecified atom stereocenters. The summed E-state index contributed by atoms with van der Waals surface area (Å²) < 4.78 is 16.5. The Hall–Kier alpha value is -3.83. The van der Waals surface area contributed by atoms with Gasteiger partial charge in [0.1, 0.15) is 17.1 Å². The third-order valence-corrected chi connectivity index (χ3v) is 7.37. The van der Waals surface area contributed by atoms with Crippen molar-refractivity contribution in [3.63, 3.8) is 0 Å². The zero-order valence-corrected chi connectivity index (χ0v) is 26.2. The Morgan fingerprint density at radius 3 is 2.53 bits per heavy atom. The van der Waals surface area contributed by atoms with Crippen LogP contribution in [0.25, 0.3) is 6.08 Å². The predicted molar refractivity (Wildman–Crippen MR) is 163 cm³/mol. The minimum atomic E-state index is -0.782. The van der Waals surface area contributed by atoms with Crippen LogP contribution in [0.3, 0.4) is 0 Å². The Balaban J connectivity index is 1.28. The van der Waals surface area contributed by atoms with E-state index in [1.165, 1.54) is 0 Å². The van der Waals surface area contributed by atoms with Gasteiger partial charge in [-0.3, -0.25) is 4.79 Å². The van der Waals surface area contributed by atoms with Crippen molar-refractivity contribution in [2.24, 2.45) is 0 Å². The van der Waals surface area contributed by atoms with Gasteiger partial charge in [0, 0.05) is 44.6 Å². The fourth-order valence-electron chi connectivity index (χ4n) is 5.10. The molecule has 0 bridgehead atoms. The number of nitrogens with zero attached hydrogens (tertiary/aromatic N) is 4. The first-order chi connectivity index (χ1) is 20.3. The predicted octanol–water partition coefficient (Wildman–Crippen LogP) is 3.86. The molecular weight excluding hydrogens is 550 g/mol. The van der Waals surface area contributed by atoms with E-state index in [2.05, 4.69) is 20.2 Å². The smallest absolute Gasteiger partial charge is 0.410 e. The Morgan fingerprint density at radius 1 is 1.07 bits per heavy atom. The zero-order chi connectivity index (χ0) is 31.4. The summed E-state index contributed by atoms with van der Waals surface area (Å²) in [6, 6.07) is 3.74. The molecule has 232 valence electrons. The van der Waals surface area contributed by atoms with Gasteiger partial charge in [0.05, 0.1) is 24.7 Å². The number of pyridine rings is 2. The molecule has 11 nitrogen and oxygen atoms in total. The summed E-state index contributed by atoms with van der Waals surface area (Å²) in [5, 5.41) is 2.94. The SMILES string of the molecule is CC(C)OC(=O)c1cc2c(cn1)C[C@@]1(C2)C(=O)Nc2ncc(/C=C/COCCN(C)CCN(C)C(=O)OC(C)(C)C)cc21. The number of carbonyl (C=O) groups is 3. The van der Waals surface area contributed by atoms with Crippen LogP contribution in [0.4, 0.5) is 10.6 Å². The summed E-state index contributed by atoms with van der Waals surface area (Å²) in [5.41, 5.74) is 2.54. The lowest BCUT2D eigenvalue weighted by atomic mass is 9.79. The maximum absolute atomic E-state index is 13.2. The van der Waals surface area contributed by atoms with Crippen molar-refractivity contribution in [2.75, 3.05) is 52.3 Å². The molecule has 0 fully saturated rings. The Labute approximate surface area is 253 Å². The maximum atomic E-state index is 13.2. The highest BCUT2D eigenvalue weighted by Crippen LogP contribution is 2.46. The second-order valence-corrected chi connectivity index (χ2v) is 12.5. The fraction of sp³-hybridized carbons (Fsp3) is 0.531. The average molecular weight is 594 g/mol. The second-order valence-electron chi connectivity index (χ2n) is 12.5. The number of amides is 2. The summed E-state index contributed by atoms with van der Waals surface area (Å²) in [4.78, 5) is 50.2. The molecule has 2 aromatic rings. The van der Waals surface area contributed by atoms with Crippen LogP contribution < -0.4 is 5.32 Å². The largest absolute Gasteiger partial charge is 0.458 e. The van der Waals surface area contributed by atoms with Crippen LogP contribution in [0.1, 0.15) is 67.4 Å². The highest BCUT2D eigenvalue weighted by Gasteiger charge is 2.51. The molecule has 43 heavy (non-hydrogen) atoms. The highest BCUT2D eigenvalue weighted by molar-refractivity contribution is 6.06. The molecule has 2 aromatic heterocycles. The van der Waals surface area contributed by atoms with Crippen LogP contribution in [-0.2, 0) is 37.3 Å². The molecule has 2 amide bonds. The molecule has 1 aliphatic heterocycles. The topological polar surface area (TPSA) is 123 Å². The van der Waals surface area contributed by atoms with Crippen molar-refractivity contribution in [2.45, 2.75) is 64.6 Å². The average Bonchev–Trinajstić information content (AvgIpc) is 3.44. The molecule has 1 N–H and O–H groups in total. The summed E-state index contributed by atoms with van der Waals surface area (Å²) >= 11 is 0. The third kappa shape index (κ3) is 7.97. The van der Waals surface area contributed by atoms with Crippen LogP contribution in [0, 0.1) is 0 Å². The monoisotopic (exact) mass is 593 g/mol. The van der Waals surface area contributed by atoms with Crippen LogP contribution in [-0.4, -0.2) is 96.4 Å². The van der Waals surface area contributed by atoms with E-state index in [0.717, 1.165) is 28.8 Å². The number of ether oxygens (including phenoxy) is 3. The van der Waals surface area contributed by atoms with Crippen molar-refractivity contribution in [1.82, 2.24) is 19.8 Å². The minimum absolute atomic E-state index is 0.0941. The number of fused-ring (bicyclic) bond motifs is 3. The van der Waals surface area contributed by atoms with Gasteiger partial charge in [-0.15, -0.1) is 0 Å². The van der Waals surface area contributed by atoms with E-state index in [0.29, 0.717) is 45.0 Å². The number of anilines is 1. The molecule has 2 aliphatic rings. The fourth-order valence-corrected chi connectivity index (χ4v) is 5.10. The van der Waals surface area contributed by atoms with E-state index in [1.807, 2.05) is 46.0 Å². The Kier molecular flexibility index (Phi) is 9.86. The number of likely N-dealkylation sites (N-methyl/N-ethyl adjacent to an activating group) is 2. The van der Waals surface area contributed by atoms with E-state index < -0.39 is 17.0 Å². The van der Waals surface area contributed by atoms with Gasteiger partial charge in [-0.05, 0) is 83.3 Å². The number of carbonyl (C=O) groups excluding carboxylic acids is 3. The molecular formula is C32H43N5O6. The van der Waals surface area contributed by atoms with Gasteiger partial charge in [-0.1, -0.05) is 12.2 Å². The minimum Gasteiger partial charge on any atom is -0.458 e. The van der Waals surface area contributed by atoms with Gasteiger partial charge in [-0.2, -0.15) is 0 Å². The molecule has 0 saturated heterocycles. The van der Waals surface area contributed by atoms with Gasteiger partial charge in [0.15, 0.2) is 0 Å². The standard InChI is InChI=1S/C32H43N5O6/c1-21(2)42-28(38)26-16-23-17-32(18-24(23)20-33-26)25-15-22(19-34-27(25)35-29(32)39)9-8-13-41-14-12-36(6)10-11-37(7)30(40)43-31(3,4)5/h8-9,15-16,19-21H,10-14,17-18H2,1-7H3,(H,34,35,39)/b9-8+/t32-/m1/s1. The summed E-state index contributed by atoms with van der Waals surface area (Å²) in [7, 11) is 3.72. The molecule has 11 heteroatoms. The lowest BCUT2D eigenvalue weighted by Crippen LogP contribution is -2.39. The van der Waals surface area contributed by atoms with Crippen molar-refractivity contribution < 1.29 is 28.6 Å². The quantitative estimate of drug-likeness (QED) is 0.306. The van der Waals surface area contributed by atoms with E-state index in [-0.39, 0.29) is 23.8 Å². The number of rotatable bonds is 11. The van der Waals surface area contributed by atoms with Crippen molar-refractivity contribution >= 4 is 29.9 Å². The third-order valence-electron chi connectivity index (χ3n) is 7.37. The summed E-state index contributed by atoms with van der Waals surface area (Å²) in [6.07, 6.45) is 7.66. The molecule has 0 saturated carbocycles. The summed E-state index contributed by atoms with van der Waals surface area (Å²) in [6.45, 7) is 12.1. The lowest BCUT2D eigenvalue weighted by molar-refractivity contribution is -0.120. The van der Waals surface area contributed by atoms with Crippen molar-refractivity contribution in [3.05, 3.63) is 58.6 Å². The highest BCUT2D eigenvalue weighted by atomic mass is 16.6. The van der Waals surface area contributed by atoms with Crippen LogP contribution in [0.5, 0.6) is 0 Å². The van der Waals surface area contributed by atoms with E-state index in [4.69, 9.17) is 14.2 Å². The Bertz CT molecular complexity index is 1380. The maximum Gasteiger partial charge on any atom is 0.410 e. The normalized spacial score (nSPS) is 17.5. The van der Waals surface area contributed by atoms with Gasteiger partial charge < -0.3 is 29.3 Å². The number of hydrogen-bond donors (Lipinski definition) is 1. The van der Waals surface area contributed by atoms with E-state index in [1.54, 1.807) is 44.3 Å². The second kappa shape index (κ2) is 13.2. The van der Waals surface area contributed by atoms with Gasteiger partial charge >= 0.3 is 12.1 Å². The van der Waals surface area contributed by atoms with Gasteiger partial charge in [0.2, 0.25) is 5.91 Å². The van der Waals surface area contributed by atoms with Gasteiger partial charge in [0.25, 0.3) is 0 Å². The first-order valence-electron chi connectivity index (χ1n) is 14.6. The molecule has 1 aliphatic carbocycles. The molecule has 0 aromatic carbocycles. The Morgan fingerprint density at radius 2 is 1.81 bits per heavy atom. The first-order valence-corrected chi connectivity index (χ1v) is 14.6. The molecule has 1 spiro atoms. The van der Waals surface area contributed by atoms with E-state index >= 15 is 0 Å². The molecule has 4 rings (SSSR count). The summed E-state index contributed by atoms with van der Waals surface area (Å²) in [5.74, 6) is 0.00566. The van der Waals surface area contributed by atoms with E-state index in [9.17, 15) is 14.4 Å². The van der Waals surface area contributed by atoms with Gasteiger partial charge in [-0.25, -0.2) is 19.6 Å². The first kappa shape index (κ1) is 32.1.